The highest BCUT2D eigenvalue weighted by atomic mass is 16.2. The van der Waals surface area contributed by atoms with Crippen LogP contribution in [0.4, 0.5) is 0 Å². The van der Waals surface area contributed by atoms with Gasteiger partial charge >= 0.3 is 0 Å². The largest absolute Gasteiger partial charge is 0.392 e. The van der Waals surface area contributed by atoms with Gasteiger partial charge in [-0.05, 0) is 46.8 Å². The highest BCUT2D eigenvalue weighted by Crippen LogP contribution is 2.11. The van der Waals surface area contributed by atoms with Crippen molar-refractivity contribution < 1.29 is 4.79 Å². The SMILES string of the molecule is CCN(C(=O)C(C)(C)N)/C(C)=C/C=C(/C)NC. The molecule has 0 aliphatic heterocycles. The first-order chi connectivity index (χ1) is 7.73. The van der Waals surface area contributed by atoms with E-state index in [1.807, 2.05) is 40.0 Å². The van der Waals surface area contributed by atoms with E-state index >= 15 is 0 Å². The van der Waals surface area contributed by atoms with Gasteiger partial charge in [-0.1, -0.05) is 0 Å². The van der Waals surface area contributed by atoms with Crippen molar-refractivity contribution in [2.24, 2.45) is 5.73 Å². The molecule has 0 aliphatic rings. The van der Waals surface area contributed by atoms with Crippen LogP contribution in [0.15, 0.2) is 23.5 Å². The highest BCUT2D eigenvalue weighted by Gasteiger charge is 2.27. The van der Waals surface area contributed by atoms with Crippen LogP contribution in [-0.4, -0.2) is 29.9 Å². The van der Waals surface area contributed by atoms with Crippen molar-refractivity contribution in [3.05, 3.63) is 23.5 Å². The normalized spacial score (nSPS) is 13.6. The fourth-order valence-electron chi connectivity index (χ4n) is 1.32. The Bertz CT molecular complexity index is 324. The minimum absolute atomic E-state index is 0.0655. The summed E-state index contributed by atoms with van der Waals surface area (Å²) in [4.78, 5) is 13.8. The number of hydrogen-bond donors (Lipinski definition) is 2. The molecule has 98 valence electrons. The molecule has 0 saturated carbocycles. The minimum atomic E-state index is -0.840. The molecule has 17 heavy (non-hydrogen) atoms. The standard InChI is InChI=1S/C13H25N3O/c1-7-16(12(17)13(4,5)14)11(3)9-8-10(2)15-6/h8-9,15H,7,14H2,1-6H3/b10-8-,11-9+. The number of nitrogens with zero attached hydrogens (tertiary/aromatic N) is 1. The van der Waals surface area contributed by atoms with Crippen LogP contribution >= 0.6 is 0 Å². The molecule has 4 nitrogen and oxygen atoms in total. The first-order valence-corrected chi connectivity index (χ1v) is 5.87. The molecule has 1 amide bonds. The molecular weight excluding hydrogens is 214 g/mol. The van der Waals surface area contributed by atoms with E-state index in [1.54, 1.807) is 18.7 Å². The maximum Gasteiger partial charge on any atom is 0.246 e. The van der Waals surface area contributed by atoms with E-state index in [0.29, 0.717) is 6.54 Å². The molecule has 0 aliphatic carbocycles. The lowest BCUT2D eigenvalue weighted by Crippen LogP contribution is -2.50. The molecule has 0 aromatic rings. The summed E-state index contributed by atoms with van der Waals surface area (Å²) in [7, 11) is 1.86. The number of hydrogen-bond acceptors (Lipinski definition) is 3. The number of carbonyl (C=O) groups is 1. The second-order valence-corrected chi connectivity index (χ2v) is 4.68. The molecule has 0 rings (SSSR count). The molecule has 0 bridgehead atoms. The minimum Gasteiger partial charge on any atom is -0.392 e. The lowest BCUT2D eigenvalue weighted by Gasteiger charge is -2.28. The summed E-state index contributed by atoms with van der Waals surface area (Å²) in [6.45, 7) is 9.88. The number of carbonyl (C=O) groups excluding carboxylic acids is 1. The van der Waals surface area contributed by atoms with Crippen LogP contribution in [0, 0.1) is 0 Å². The monoisotopic (exact) mass is 239 g/mol. The second kappa shape index (κ2) is 6.45. The van der Waals surface area contributed by atoms with Gasteiger partial charge in [0.2, 0.25) is 5.91 Å². The van der Waals surface area contributed by atoms with Gasteiger partial charge in [-0.25, -0.2) is 0 Å². The molecule has 0 unspecified atom stereocenters. The molecule has 0 aromatic heterocycles. The van der Waals surface area contributed by atoms with Crippen molar-refractivity contribution in [3.63, 3.8) is 0 Å². The third-order valence-corrected chi connectivity index (χ3v) is 2.51. The molecule has 4 heteroatoms. The van der Waals surface area contributed by atoms with E-state index < -0.39 is 5.54 Å². The van der Waals surface area contributed by atoms with Crippen molar-refractivity contribution in [2.45, 2.75) is 40.2 Å². The number of rotatable bonds is 5. The van der Waals surface area contributed by atoms with Crippen molar-refractivity contribution in [1.29, 1.82) is 0 Å². The van der Waals surface area contributed by atoms with Crippen LogP contribution in [0.3, 0.4) is 0 Å². The van der Waals surface area contributed by atoms with Gasteiger partial charge in [0.15, 0.2) is 0 Å². The lowest BCUT2D eigenvalue weighted by atomic mass is 10.1. The number of likely N-dealkylation sites (N-methyl/N-ethyl adjacent to an activating group) is 1. The summed E-state index contributed by atoms with van der Waals surface area (Å²) in [5.41, 5.74) is 6.92. The van der Waals surface area contributed by atoms with Crippen molar-refractivity contribution in [1.82, 2.24) is 10.2 Å². The van der Waals surface area contributed by atoms with E-state index in [4.69, 9.17) is 5.73 Å². The first-order valence-electron chi connectivity index (χ1n) is 5.87. The summed E-state index contributed by atoms with van der Waals surface area (Å²) in [5, 5.41) is 3.03. The highest BCUT2D eigenvalue weighted by molar-refractivity contribution is 5.86. The van der Waals surface area contributed by atoms with Crippen LogP contribution in [0.5, 0.6) is 0 Å². The van der Waals surface area contributed by atoms with E-state index in [9.17, 15) is 4.79 Å². The third kappa shape index (κ3) is 5.04. The Morgan fingerprint density at radius 2 is 1.88 bits per heavy atom. The van der Waals surface area contributed by atoms with Crippen molar-refractivity contribution >= 4 is 5.91 Å². The molecule has 0 aromatic carbocycles. The van der Waals surface area contributed by atoms with E-state index in [1.165, 1.54) is 0 Å². The van der Waals surface area contributed by atoms with Gasteiger partial charge in [0.05, 0.1) is 5.54 Å². The Kier molecular flexibility index (Phi) is 5.96. The third-order valence-electron chi connectivity index (χ3n) is 2.51. The average molecular weight is 239 g/mol. The number of nitrogens with two attached hydrogens (primary N) is 1. The van der Waals surface area contributed by atoms with Crippen LogP contribution in [0.2, 0.25) is 0 Å². The Morgan fingerprint density at radius 3 is 2.24 bits per heavy atom. The smallest absolute Gasteiger partial charge is 0.246 e. The Labute approximate surface area is 105 Å². The van der Waals surface area contributed by atoms with Gasteiger partial charge < -0.3 is 16.0 Å². The zero-order chi connectivity index (χ0) is 13.6. The molecule has 0 radical (unpaired) electrons. The average Bonchev–Trinajstić information content (AvgIpc) is 2.25. The summed E-state index contributed by atoms with van der Waals surface area (Å²) >= 11 is 0. The number of allylic oxidation sites excluding steroid dienone is 4. The van der Waals surface area contributed by atoms with E-state index in [2.05, 4.69) is 5.32 Å². The zero-order valence-corrected chi connectivity index (χ0v) is 11.8. The van der Waals surface area contributed by atoms with E-state index in [0.717, 1.165) is 11.4 Å². The topological polar surface area (TPSA) is 58.4 Å². The molecule has 0 fully saturated rings. The molecule has 0 spiro atoms. The van der Waals surface area contributed by atoms with Crippen molar-refractivity contribution in [3.8, 4) is 0 Å². The first kappa shape index (κ1) is 15.7. The maximum atomic E-state index is 12.1. The predicted octanol–water partition coefficient (Wildman–Crippen LogP) is 1.60. The Hall–Kier alpha value is -1.29. The summed E-state index contributed by atoms with van der Waals surface area (Å²) in [5.74, 6) is -0.0655. The Balaban J connectivity index is 4.97. The molecule has 0 heterocycles. The van der Waals surface area contributed by atoms with Gasteiger partial charge in [0, 0.05) is 25.0 Å². The quantitative estimate of drug-likeness (QED) is 0.716. The molecule has 3 N–H and O–H groups in total. The number of amides is 1. The van der Waals surface area contributed by atoms with Gasteiger partial charge in [0.1, 0.15) is 0 Å². The van der Waals surface area contributed by atoms with Crippen LogP contribution < -0.4 is 11.1 Å². The fraction of sp³-hybridized carbons (Fsp3) is 0.615. The van der Waals surface area contributed by atoms with Crippen molar-refractivity contribution in [2.75, 3.05) is 13.6 Å². The fourth-order valence-corrected chi connectivity index (χ4v) is 1.32. The lowest BCUT2D eigenvalue weighted by molar-refractivity contribution is -0.133. The second-order valence-electron chi connectivity index (χ2n) is 4.68. The predicted molar refractivity (Wildman–Crippen MR) is 72.2 cm³/mol. The maximum absolute atomic E-state index is 12.1. The molecule has 0 saturated heterocycles. The van der Waals surface area contributed by atoms with Gasteiger partial charge in [0.25, 0.3) is 0 Å². The molecule has 0 atom stereocenters. The van der Waals surface area contributed by atoms with Gasteiger partial charge in [-0.15, -0.1) is 0 Å². The van der Waals surface area contributed by atoms with Crippen LogP contribution in [0.1, 0.15) is 34.6 Å². The molecular formula is C13H25N3O. The van der Waals surface area contributed by atoms with Crippen LogP contribution in [-0.2, 0) is 4.79 Å². The van der Waals surface area contributed by atoms with E-state index in [-0.39, 0.29) is 5.91 Å². The van der Waals surface area contributed by atoms with Gasteiger partial charge in [-0.3, -0.25) is 4.79 Å². The van der Waals surface area contributed by atoms with Crippen LogP contribution in [0.25, 0.3) is 0 Å². The summed E-state index contributed by atoms with van der Waals surface area (Å²) in [6.07, 6.45) is 3.85. The summed E-state index contributed by atoms with van der Waals surface area (Å²) < 4.78 is 0. The zero-order valence-electron chi connectivity index (χ0n) is 11.8. The Morgan fingerprint density at radius 1 is 1.35 bits per heavy atom. The summed E-state index contributed by atoms with van der Waals surface area (Å²) in [6, 6.07) is 0. The van der Waals surface area contributed by atoms with Gasteiger partial charge in [-0.2, -0.15) is 0 Å². The number of nitrogens with one attached hydrogen (secondary N) is 1.